The molecule has 4 rings (SSSR count). The van der Waals surface area contributed by atoms with Crippen LogP contribution in [0.1, 0.15) is 44.4 Å². The number of halogens is 1. The predicted octanol–water partition coefficient (Wildman–Crippen LogP) is 5.55. The highest BCUT2D eigenvalue weighted by Crippen LogP contribution is 2.36. The van der Waals surface area contributed by atoms with E-state index < -0.39 is 6.09 Å². The zero-order chi connectivity index (χ0) is 24.5. The van der Waals surface area contributed by atoms with E-state index in [0.717, 1.165) is 27.9 Å². The molecule has 2 atom stereocenters. The number of anilines is 1. The van der Waals surface area contributed by atoms with Gasteiger partial charge in [0.25, 0.3) is 0 Å². The maximum absolute atomic E-state index is 11.7. The van der Waals surface area contributed by atoms with Crippen molar-refractivity contribution >= 4 is 29.3 Å². The fraction of sp³-hybridized carbons (Fsp3) is 0.346. The highest BCUT2D eigenvalue weighted by molar-refractivity contribution is 6.30. The minimum absolute atomic E-state index is 0.00769. The molecule has 0 aliphatic carbocycles. The second-order valence-corrected chi connectivity index (χ2v) is 10.3. The molecule has 1 aliphatic heterocycles. The average molecular weight is 481 g/mol. The summed E-state index contributed by atoms with van der Waals surface area (Å²) < 4.78 is 1.93. The van der Waals surface area contributed by atoms with Crippen LogP contribution in [0.3, 0.4) is 0 Å². The Morgan fingerprint density at radius 3 is 2.62 bits per heavy atom. The van der Waals surface area contributed by atoms with Crippen molar-refractivity contribution < 1.29 is 14.7 Å². The Hall–Kier alpha value is -3.32. The number of benzene rings is 2. The molecule has 2 heterocycles. The zero-order valence-corrected chi connectivity index (χ0v) is 20.3. The molecule has 0 spiro atoms. The van der Waals surface area contributed by atoms with Gasteiger partial charge in [-0.3, -0.25) is 9.48 Å². The van der Waals surface area contributed by atoms with E-state index in [2.05, 4.69) is 36.5 Å². The Morgan fingerprint density at radius 1 is 1.21 bits per heavy atom. The molecule has 1 aliphatic rings. The molecule has 2 amide bonds. The number of carbonyl (C=O) groups is 2. The number of rotatable bonds is 7. The normalized spacial score (nSPS) is 14.9. The lowest BCUT2D eigenvalue weighted by molar-refractivity contribution is -0.115. The molecule has 3 aromatic rings. The van der Waals surface area contributed by atoms with Crippen molar-refractivity contribution in [3.05, 3.63) is 71.0 Å². The van der Waals surface area contributed by atoms with Crippen LogP contribution in [0.5, 0.6) is 0 Å². The monoisotopic (exact) mass is 480 g/mol. The van der Waals surface area contributed by atoms with Crippen molar-refractivity contribution in [1.29, 1.82) is 0 Å². The van der Waals surface area contributed by atoms with Crippen molar-refractivity contribution in [3.8, 4) is 11.1 Å². The lowest BCUT2D eigenvalue weighted by Crippen LogP contribution is -2.40. The standard InChI is InChI=1S/C26H29ClN4O3/c1-26(2,3)23(13-21(29-25(33)34)10-16-4-7-20(27)8-5-16)31-15-19(14-28-31)17-6-9-22-18(11-17)12-24(32)30-22/h4-9,11,14-15,21,23,29H,10,12-13H2,1-3H3,(H,30,32)(H,33,34). The summed E-state index contributed by atoms with van der Waals surface area (Å²) in [6.07, 6.45) is 4.28. The highest BCUT2D eigenvalue weighted by atomic mass is 35.5. The first kappa shape index (κ1) is 23.8. The van der Waals surface area contributed by atoms with Crippen LogP contribution in [0.15, 0.2) is 54.9 Å². The van der Waals surface area contributed by atoms with Crippen molar-refractivity contribution in [3.63, 3.8) is 0 Å². The van der Waals surface area contributed by atoms with Crippen LogP contribution in [0, 0.1) is 5.41 Å². The highest BCUT2D eigenvalue weighted by Gasteiger charge is 2.31. The first-order chi connectivity index (χ1) is 16.1. The molecule has 1 aromatic heterocycles. The number of fused-ring (bicyclic) bond motifs is 1. The van der Waals surface area contributed by atoms with Gasteiger partial charge < -0.3 is 15.7 Å². The summed E-state index contributed by atoms with van der Waals surface area (Å²) in [6, 6.07) is 13.0. The molecule has 2 aromatic carbocycles. The number of aromatic nitrogens is 2. The topological polar surface area (TPSA) is 96.2 Å². The number of nitrogens with one attached hydrogen (secondary N) is 2. The van der Waals surface area contributed by atoms with Crippen LogP contribution >= 0.6 is 11.6 Å². The summed E-state index contributed by atoms with van der Waals surface area (Å²) in [7, 11) is 0. The Labute approximate surface area is 204 Å². The second kappa shape index (κ2) is 9.50. The third kappa shape index (κ3) is 5.59. The smallest absolute Gasteiger partial charge is 0.404 e. The van der Waals surface area contributed by atoms with Crippen LogP contribution in [-0.2, 0) is 17.6 Å². The third-order valence-electron chi connectivity index (χ3n) is 6.21. The maximum Gasteiger partial charge on any atom is 0.404 e. The fourth-order valence-electron chi connectivity index (χ4n) is 4.47. The molecule has 0 fully saturated rings. The Morgan fingerprint density at radius 2 is 1.94 bits per heavy atom. The number of hydrogen-bond acceptors (Lipinski definition) is 3. The first-order valence-corrected chi connectivity index (χ1v) is 11.7. The van der Waals surface area contributed by atoms with Gasteiger partial charge in [-0.25, -0.2) is 4.79 Å². The SMILES string of the molecule is CC(C)(C)C(CC(Cc1ccc(Cl)cc1)NC(=O)O)n1cc(-c2ccc3c(c2)CC(=O)N3)cn1. The van der Waals surface area contributed by atoms with Crippen LogP contribution in [0.25, 0.3) is 11.1 Å². The van der Waals surface area contributed by atoms with Gasteiger partial charge in [-0.05, 0) is 59.2 Å². The van der Waals surface area contributed by atoms with Crippen LogP contribution in [0.4, 0.5) is 10.5 Å². The summed E-state index contributed by atoms with van der Waals surface area (Å²) in [5.74, 6) is 0.00769. The van der Waals surface area contributed by atoms with Gasteiger partial charge in [-0.15, -0.1) is 0 Å². The number of amides is 2. The molecule has 34 heavy (non-hydrogen) atoms. The van der Waals surface area contributed by atoms with E-state index in [4.69, 9.17) is 11.6 Å². The molecule has 2 unspecified atom stereocenters. The van der Waals surface area contributed by atoms with Crippen molar-refractivity contribution in [2.75, 3.05) is 5.32 Å². The maximum atomic E-state index is 11.7. The average Bonchev–Trinajstić information content (AvgIpc) is 3.37. The Kier molecular flexibility index (Phi) is 6.66. The zero-order valence-electron chi connectivity index (χ0n) is 19.5. The van der Waals surface area contributed by atoms with E-state index in [1.54, 1.807) is 0 Å². The van der Waals surface area contributed by atoms with Gasteiger partial charge in [0.2, 0.25) is 5.91 Å². The lowest BCUT2D eigenvalue weighted by Gasteiger charge is -2.34. The van der Waals surface area contributed by atoms with Crippen LogP contribution in [-0.4, -0.2) is 32.9 Å². The van der Waals surface area contributed by atoms with Gasteiger partial charge in [0.05, 0.1) is 18.7 Å². The Bertz CT molecular complexity index is 1200. The minimum atomic E-state index is -1.05. The molecule has 0 bridgehead atoms. The summed E-state index contributed by atoms with van der Waals surface area (Å²) in [5.41, 5.74) is 4.64. The van der Waals surface area contributed by atoms with E-state index in [1.165, 1.54) is 0 Å². The number of nitrogens with zero attached hydrogens (tertiary/aromatic N) is 2. The number of carbonyl (C=O) groups excluding carboxylic acids is 1. The first-order valence-electron chi connectivity index (χ1n) is 11.3. The van der Waals surface area contributed by atoms with Crippen molar-refractivity contribution in [2.24, 2.45) is 5.41 Å². The quantitative estimate of drug-likeness (QED) is 0.412. The van der Waals surface area contributed by atoms with Gasteiger partial charge in [0.1, 0.15) is 0 Å². The largest absolute Gasteiger partial charge is 0.465 e. The van der Waals surface area contributed by atoms with Gasteiger partial charge in [-0.2, -0.15) is 5.10 Å². The molecule has 3 N–H and O–H groups in total. The van der Waals surface area contributed by atoms with Crippen LogP contribution < -0.4 is 10.6 Å². The molecule has 178 valence electrons. The van der Waals surface area contributed by atoms with E-state index in [0.29, 0.717) is 24.3 Å². The molecule has 0 saturated carbocycles. The Balaban J connectivity index is 1.58. The minimum Gasteiger partial charge on any atom is -0.465 e. The molecule has 8 heteroatoms. The lowest BCUT2D eigenvalue weighted by atomic mass is 9.82. The number of hydrogen-bond donors (Lipinski definition) is 3. The van der Waals surface area contributed by atoms with Gasteiger partial charge in [0.15, 0.2) is 0 Å². The van der Waals surface area contributed by atoms with E-state index in [1.807, 2.05) is 59.5 Å². The van der Waals surface area contributed by atoms with Crippen LogP contribution in [0.2, 0.25) is 5.02 Å². The van der Waals surface area contributed by atoms with E-state index >= 15 is 0 Å². The van der Waals surface area contributed by atoms with Gasteiger partial charge in [0, 0.05) is 28.5 Å². The molecule has 0 saturated heterocycles. The number of carboxylic acid groups (broad SMARTS) is 1. The molecule has 0 radical (unpaired) electrons. The fourth-order valence-corrected chi connectivity index (χ4v) is 4.59. The third-order valence-corrected chi connectivity index (χ3v) is 6.47. The summed E-state index contributed by atoms with van der Waals surface area (Å²) in [6.45, 7) is 6.39. The van der Waals surface area contributed by atoms with E-state index in [-0.39, 0.29) is 23.4 Å². The second-order valence-electron chi connectivity index (χ2n) is 9.90. The van der Waals surface area contributed by atoms with Crippen molar-refractivity contribution in [2.45, 2.75) is 52.1 Å². The van der Waals surface area contributed by atoms with Crippen molar-refractivity contribution in [1.82, 2.24) is 15.1 Å². The van der Waals surface area contributed by atoms with Gasteiger partial charge in [-0.1, -0.05) is 50.6 Å². The summed E-state index contributed by atoms with van der Waals surface area (Å²) in [5, 5.41) is 20.3. The summed E-state index contributed by atoms with van der Waals surface area (Å²) in [4.78, 5) is 23.2. The molecular weight excluding hydrogens is 452 g/mol. The summed E-state index contributed by atoms with van der Waals surface area (Å²) >= 11 is 6.01. The predicted molar refractivity (Wildman–Crippen MR) is 133 cm³/mol. The molecular formula is C26H29ClN4O3. The van der Waals surface area contributed by atoms with E-state index in [9.17, 15) is 14.7 Å². The molecule has 7 nitrogen and oxygen atoms in total. The van der Waals surface area contributed by atoms with Gasteiger partial charge >= 0.3 is 6.09 Å².